The molecule has 0 aliphatic heterocycles. The van der Waals surface area contributed by atoms with Gasteiger partial charge in [-0.05, 0) is 16.5 Å². The summed E-state index contributed by atoms with van der Waals surface area (Å²) in [7, 11) is -3.22. The Morgan fingerprint density at radius 1 is 1.22 bits per heavy atom. The van der Waals surface area contributed by atoms with Crippen molar-refractivity contribution in [1.29, 1.82) is 0 Å². The van der Waals surface area contributed by atoms with Crippen LogP contribution < -0.4 is 4.72 Å². The zero-order chi connectivity index (χ0) is 13.8. The number of alkyl halides is 1. The van der Waals surface area contributed by atoms with E-state index in [0.29, 0.717) is 6.54 Å². The molecule has 3 nitrogen and oxygen atoms in total. The lowest BCUT2D eigenvalue weighted by Gasteiger charge is -2.18. The normalized spacial score (nSPS) is 12.7. The van der Waals surface area contributed by atoms with E-state index in [0.717, 1.165) is 16.5 Å². The number of sulfonamides is 1. The van der Waals surface area contributed by atoms with Gasteiger partial charge in [0, 0.05) is 11.9 Å². The first-order valence-corrected chi connectivity index (χ1v) is 8.60. The third kappa shape index (κ3) is 5.98. The largest absolute Gasteiger partial charge is 0.212 e. The lowest BCUT2D eigenvalue weighted by Crippen LogP contribution is -2.31. The number of nitrogens with one attached hydrogen (secondary N) is 1. The Kier molecular flexibility index (Phi) is 5.37. The molecule has 0 amide bonds. The molecule has 0 saturated heterocycles. The standard InChI is InChI=1S/C13H20BrNO2S/c1-13(2,3)10-18(16,17)15-9-12-6-4-5-11(7-12)8-14/h4-7,15H,8-10H2,1-3H3. The molecule has 18 heavy (non-hydrogen) atoms. The van der Waals surface area contributed by atoms with Crippen molar-refractivity contribution < 1.29 is 8.42 Å². The second kappa shape index (κ2) is 6.17. The zero-order valence-electron chi connectivity index (χ0n) is 11.0. The average molecular weight is 334 g/mol. The van der Waals surface area contributed by atoms with Crippen molar-refractivity contribution in [3.05, 3.63) is 35.4 Å². The van der Waals surface area contributed by atoms with Gasteiger partial charge in [0.05, 0.1) is 5.75 Å². The van der Waals surface area contributed by atoms with Gasteiger partial charge in [-0.15, -0.1) is 0 Å². The first-order valence-electron chi connectivity index (χ1n) is 5.83. The fourth-order valence-corrected chi connectivity index (χ4v) is 3.61. The third-order valence-electron chi connectivity index (χ3n) is 2.26. The summed E-state index contributed by atoms with van der Waals surface area (Å²) in [6, 6.07) is 7.85. The molecule has 1 aromatic rings. The van der Waals surface area contributed by atoms with Gasteiger partial charge in [0.1, 0.15) is 0 Å². The van der Waals surface area contributed by atoms with Gasteiger partial charge in [-0.25, -0.2) is 13.1 Å². The molecule has 0 bridgehead atoms. The summed E-state index contributed by atoms with van der Waals surface area (Å²) in [5.41, 5.74) is 1.88. The summed E-state index contributed by atoms with van der Waals surface area (Å²) in [6.07, 6.45) is 0. The second-order valence-corrected chi connectivity index (χ2v) is 7.96. The summed E-state index contributed by atoms with van der Waals surface area (Å²) in [5, 5.41) is 0.773. The fourth-order valence-electron chi connectivity index (χ4n) is 1.64. The van der Waals surface area contributed by atoms with E-state index in [1.54, 1.807) is 0 Å². The van der Waals surface area contributed by atoms with Crippen molar-refractivity contribution in [3.8, 4) is 0 Å². The molecular formula is C13H20BrNO2S. The number of hydrogen-bond acceptors (Lipinski definition) is 2. The van der Waals surface area contributed by atoms with Gasteiger partial charge < -0.3 is 0 Å². The summed E-state index contributed by atoms with van der Waals surface area (Å²) in [4.78, 5) is 0. The number of rotatable bonds is 5. The van der Waals surface area contributed by atoms with Crippen LogP contribution in [0.2, 0.25) is 0 Å². The Morgan fingerprint density at radius 2 is 1.83 bits per heavy atom. The summed E-state index contributed by atoms with van der Waals surface area (Å²) in [5.74, 6) is 0.137. The molecule has 0 atom stereocenters. The van der Waals surface area contributed by atoms with Crippen LogP contribution in [0.4, 0.5) is 0 Å². The highest BCUT2D eigenvalue weighted by Crippen LogP contribution is 2.16. The average Bonchev–Trinajstić information content (AvgIpc) is 2.24. The third-order valence-corrected chi connectivity index (χ3v) is 4.74. The van der Waals surface area contributed by atoms with Gasteiger partial charge in [-0.1, -0.05) is 61.0 Å². The van der Waals surface area contributed by atoms with E-state index in [9.17, 15) is 8.42 Å². The number of benzene rings is 1. The molecule has 0 fully saturated rings. The quantitative estimate of drug-likeness (QED) is 0.842. The van der Waals surface area contributed by atoms with Crippen molar-refractivity contribution in [2.24, 2.45) is 5.41 Å². The molecule has 0 radical (unpaired) electrons. The van der Waals surface area contributed by atoms with E-state index in [-0.39, 0.29) is 11.2 Å². The molecule has 1 N–H and O–H groups in total. The minimum Gasteiger partial charge on any atom is -0.212 e. The molecule has 102 valence electrons. The summed E-state index contributed by atoms with van der Waals surface area (Å²) < 4.78 is 26.3. The van der Waals surface area contributed by atoms with Gasteiger partial charge >= 0.3 is 0 Å². The fraction of sp³-hybridized carbons (Fsp3) is 0.538. The van der Waals surface area contributed by atoms with Crippen LogP contribution in [-0.4, -0.2) is 14.2 Å². The van der Waals surface area contributed by atoms with Crippen molar-refractivity contribution in [1.82, 2.24) is 4.72 Å². The molecule has 0 saturated carbocycles. The monoisotopic (exact) mass is 333 g/mol. The van der Waals surface area contributed by atoms with Gasteiger partial charge in [-0.3, -0.25) is 0 Å². The lowest BCUT2D eigenvalue weighted by atomic mass is 10.0. The Hall–Kier alpha value is -0.390. The summed E-state index contributed by atoms with van der Waals surface area (Å²) >= 11 is 3.38. The van der Waals surface area contributed by atoms with Crippen LogP contribution in [0.5, 0.6) is 0 Å². The Morgan fingerprint density at radius 3 is 2.39 bits per heavy atom. The molecule has 0 spiro atoms. The number of hydrogen-bond donors (Lipinski definition) is 1. The van der Waals surface area contributed by atoms with Crippen LogP contribution in [0.3, 0.4) is 0 Å². The minimum atomic E-state index is -3.22. The number of halogens is 1. The van der Waals surface area contributed by atoms with Gasteiger partial charge in [0.2, 0.25) is 10.0 Å². The summed E-state index contributed by atoms with van der Waals surface area (Å²) in [6.45, 7) is 6.09. The molecule has 1 aromatic carbocycles. The van der Waals surface area contributed by atoms with Crippen LogP contribution in [0.25, 0.3) is 0 Å². The molecule has 0 heterocycles. The van der Waals surface area contributed by atoms with Crippen molar-refractivity contribution >= 4 is 26.0 Å². The van der Waals surface area contributed by atoms with Crippen LogP contribution in [0.15, 0.2) is 24.3 Å². The second-order valence-electron chi connectivity index (χ2n) is 5.59. The topological polar surface area (TPSA) is 46.2 Å². The molecule has 0 aliphatic rings. The zero-order valence-corrected chi connectivity index (χ0v) is 13.4. The predicted octanol–water partition coefficient (Wildman–Crippen LogP) is 3.05. The van der Waals surface area contributed by atoms with Crippen LogP contribution in [0, 0.1) is 5.41 Å². The van der Waals surface area contributed by atoms with E-state index in [1.165, 1.54) is 0 Å². The molecule has 0 aliphatic carbocycles. The SMILES string of the molecule is CC(C)(C)CS(=O)(=O)NCc1cccc(CBr)c1. The Labute approximate surface area is 118 Å². The molecule has 1 rings (SSSR count). The van der Waals surface area contributed by atoms with Crippen molar-refractivity contribution in [3.63, 3.8) is 0 Å². The van der Waals surface area contributed by atoms with Crippen molar-refractivity contribution in [2.45, 2.75) is 32.6 Å². The minimum absolute atomic E-state index is 0.137. The first-order chi connectivity index (χ1) is 8.22. The smallest absolute Gasteiger partial charge is 0.212 e. The van der Waals surface area contributed by atoms with E-state index >= 15 is 0 Å². The van der Waals surface area contributed by atoms with Crippen LogP contribution >= 0.6 is 15.9 Å². The van der Waals surface area contributed by atoms with Gasteiger partial charge in [0.15, 0.2) is 0 Å². The first kappa shape index (κ1) is 15.7. The highest BCUT2D eigenvalue weighted by molar-refractivity contribution is 9.08. The maximum absolute atomic E-state index is 11.9. The highest BCUT2D eigenvalue weighted by atomic mass is 79.9. The van der Waals surface area contributed by atoms with E-state index in [2.05, 4.69) is 20.7 Å². The van der Waals surface area contributed by atoms with Crippen LogP contribution in [0.1, 0.15) is 31.9 Å². The molecule has 5 heteroatoms. The molecule has 0 aromatic heterocycles. The van der Waals surface area contributed by atoms with Gasteiger partial charge in [-0.2, -0.15) is 0 Å². The van der Waals surface area contributed by atoms with Crippen LogP contribution in [-0.2, 0) is 21.9 Å². The maximum Gasteiger partial charge on any atom is 0.212 e. The van der Waals surface area contributed by atoms with E-state index in [1.807, 2.05) is 45.0 Å². The molecular weight excluding hydrogens is 314 g/mol. The van der Waals surface area contributed by atoms with Crippen molar-refractivity contribution in [2.75, 3.05) is 5.75 Å². The Bertz CT molecular complexity index is 492. The van der Waals surface area contributed by atoms with Gasteiger partial charge in [0.25, 0.3) is 0 Å². The van der Waals surface area contributed by atoms with E-state index < -0.39 is 10.0 Å². The molecule has 0 unspecified atom stereocenters. The van der Waals surface area contributed by atoms with E-state index in [4.69, 9.17) is 0 Å². The maximum atomic E-state index is 11.9. The Balaban J connectivity index is 2.64. The highest BCUT2D eigenvalue weighted by Gasteiger charge is 2.20. The lowest BCUT2D eigenvalue weighted by molar-refractivity contribution is 0.458. The predicted molar refractivity (Wildman–Crippen MR) is 79.2 cm³/mol.